The largest absolute Gasteiger partial charge is 0.0622 e. The van der Waals surface area contributed by atoms with Gasteiger partial charge in [0.1, 0.15) is 0 Å². The Bertz CT molecular complexity index is 522. The summed E-state index contributed by atoms with van der Waals surface area (Å²) in [4.78, 5) is 0. The maximum absolute atomic E-state index is 2.51. The molecule has 0 unspecified atom stereocenters. The van der Waals surface area contributed by atoms with Gasteiger partial charge in [-0.2, -0.15) is 0 Å². The van der Waals surface area contributed by atoms with Crippen LogP contribution >= 0.6 is 0 Å². The fourth-order valence-electron chi connectivity index (χ4n) is 4.24. The van der Waals surface area contributed by atoms with Crippen molar-refractivity contribution in [2.45, 2.75) is 51.4 Å². The van der Waals surface area contributed by atoms with Gasteiger partial charge in [0.15, 0.2) is 0 Å². The summed E-state index contributed by atoms with van der Waals surface area (Å²) in [6.07, 6.45) is 6.79. The van der Waals surface area contributed by atoms with Crippen molar-refractivity contribution in [3.05, 3.63) is 71.8 Å². The van der Waals surface area contributed by atoms with Gasteiger partial charge < -0.3 is 0 Å². The van der Waals surface area contributed by atoms with Gasteiger partial charge in [0.2, 0.25) is 0 Å². The summed E-state index contributed by atoms with van der Waals surface area (Å²) in [6, 6.07) is 22.2. The third-order valence-corrected chi connectivity index (χ3v) is 5.87. The maximum atomic E-state index is 2.51. The molecule has 0 aliphatic heterocycles. The van der Waals surface area contributed by atoms with Gasteiger partial charge in [-0.1, -0.05) is 93.8 Å². The normalized spacial score (nSPS) is 18.4. The van der Waals surface area contributed by atoms with Gasteiger partial charge in [-0.25, -0.2) is 0 Å². The Kier molecular flexibility index (Phi) is 3.89. The number of rotatable bonds is 3. The third-order valence-electron chi connectivity index (χ3n) is 5.87. The molecule has 0 N–H and O–H groups in total. The lowest BCUT2D eigenvalue weighted by Crippen LogP contribution is -2.43. The first-order valence-electron chi connectivity index (χ1n) is 8.28. The quantitative estimate of drug-likeness (QED) is 0.649. The topological polar surface area (TPSA) is 0 Å². The summed E-state index contributed by atoms with van der Waals surface area (Å²) in [6.45, 7) is 4.97. The highest BCUT2D eigenvalue weighted by molar-refractivity contribution is 5.41. The van der Waals surface area contributed by atoms with E-state index in [-0.39, 0.29) is 5.41 Å². The van der Waals surface area contributed by atoms with Crippen LogP contribution in [0.4, 0.5) is 0 Å². The molecule has 0 amide bonds. The minimum absolute atomic E-state index is 0.0932. The summed E-state index contributed by atoms with van der Waals surface area (Å²) >= 11 is 0. The van der Waals surface area contributed by atoms with E-state index < -0.39 is 0 Å². The predicted molar refractivity (Wildman–Crippen MR) is 90.5 cm³/mol. The van der Waals surface area contributed by atoms with E-state index in [1.165, 1.54) is 43.2 Å². The van der Waals surface area contributed by atoms with E-state index in [1.807, 2.05) is 0 Å². The lowest BCUT2D eigenvalue weighted by molar-refractivity contribution is 0.123. The first-order chi connectivity index (χ1) is 10.2. The van der Waals surface area contributed by atoms with Gasteiger partial charge in [-0.3, -0.25) is 0 Å². The molecule has 110 valence electrons. The number of hydrogen-bond donors (Lipinski definition) is 0. The molecule has 0 spiro atoms. The molecule has 1 aliphatic carbocycles. The Morgan fingerprint density at radius 2 is 1.14 bits per heavy atom. The predicted octanol–water partition coefficient (Wildman–Crippen LogP) is 5.96. The van der Waals surface area contributed by atoms with Gasteiger partial charge in [0.05, 0.1) is 0 Å². The molecule has 0 aromatic heterocycles. The van der Waals surface area contributed by atoms with E-state index in [0.717, 1.165) is 0 Å². The lowest BCUT2D eigenvalue weighted by Gasteiger charge is -2.50. The van der Waals surface area contributed by atoms with Crippen LogP contribution in [0, 0.1) is 5.41 Å². The summed E-state index contributed by atoms with van der Waals surface area (Å²) in [5, 5.41) is 0. The molecule has 3 rings (SSSR count). The molecule has 1 saturated carbocycles. The zero-order valence-corrected chi connectivity index (χ0v) is 13.3. The smallest absolute Gasteiger partial charge is 0.0228 e. The average molecular weight is 278 g/mol. The van der Waals surface area contributed by atoms with Gasteiger partial charge in [-0.05, 0) is 29.4 Å². The van der Waals surface area contributed by atoms with Gasteiger partial charge >= 0.3 is 0 Å². The molecule has 0 heterocycles. The average Bonchev–Trinajstić information content (AvgIpc) is 2.56. The Morgan fingerprint density at radius 3 is 1.57 bits per heavy atom. The Labute approximate surface area is 129 Å². The molecule has 1 aliphatic rings. The van der Waals surface area contributed by atoms with E-state index >= 15 is 0 Å². The molecule has 0 saturated heterocycles. The van der Waals surface area contributed by atoms with Crippen molar-refractivity contribution in [2.75, 3.05) is 0 Å². The molecular formula is C21H26. The first kappa shape index (κ1) is 14.4. The van der Waals surface area contributed by atoms with E-state index in [1.54, 1.807) is 0 Å². The van der Waals surface area contributed by atoms with E-state index in [4.69, 9.17) is 0 Å². The van der Waals surface area contributed by atoms with Crippen molar-refractivity contribution in [2.24, 2.45) is 5.41 Å². The molecule has 0 nitrogen and oxygen atoms in total. The van der Waals surface area contributed by atoms with E-state index in [0.29, 0.717) is 5.41 Å². The van der Waals surface area contributed by atoms with Crippen LogP contribution in [0.2, 0.25) is 0 Å². The van der Waals surface area contributed by atoms with E-state index in [2.05, 4.69) is 74.5 Å². The second-order valence-electron chi connectivity index (χ2n) is 6.98. The molecule has 2 aromatic carbocycles. The van der Waals surface area contributed by atoms with Crippen LogP contribution in [0.3, 0.4) is 0 Å². The van der Waals surface area contributed by atoms with Crippen LogP contribution in [0.15, 0.2) is 60.7 Å². The van der Waals surface area contributed by atoms with E-state index in [9.17, 15) is 0 Å². The fourth-order valence-corrected chi connectivity index (χ4v) is 4.24. The highest BCUT2D eigenvalue weighted by Crippen LogP contribution is 2.54. The van der Waals surface area contributed by atoms with Crippen LogP contribution in [-0.4, -0.2) is 0 Å². The zero-order chi connectivity index (χ0) is 14.8. The van der Waals surface area contributed by atoms with Crippen molar-refractivity contribution in [3.8, 4) is 0 Å². The van der Waals surface area contributed by atoms with Crippen LogP contribution in [0.5, 0.6) is 0 Å². The van der Waals surface area contributed by atoms with Crippen LogP contribution < -0.4 is 0 Å². The molecule has 0 atom stereocenters. The molecule has 0 bridgehead atoms. The Balaban J connectivity index is 2.15. The van der Waals surface area contributed by atoms with Gasteiger partial charge in [0, 0.05) is 5.41 Å². The SMILES string of the molecule is CC1(C(C)(c2ccccc2)c2ccccc2)CCCCC1. The Hall–Kier alpha value is -1.56. The van der Waals surface area contributed by atoms with Crippen LogP contribution in [-0.2, 0) is 5.41 Å². The fraction of sp³-hybridized carbons (Fsp3) is 0.429. The highest BCUT2D eigenvalue weighted by atomic mass is 14.5. The molecular weight excluding hydrogens is 252 g/mol. The van der Waals surface area contributed by atoms with Crippen molar-refractivity contribution in [1.29, 1.82) is 0 Å². The monoisotopic (exact) mass is 278 g/mol. The van der Waals surface area contributed by atoms with Crippen molar-refractivity contribution >= 4 is 0 Å². The summed E-state index contributed by atoms with van der Waals surface area (Å²) in [7, 11) is 0. The van der Waals surface area contributed by atoms with Crippen LogP contribution in [0.1, 0.15) is 57.1 Å². The molecule has 1 fully saturated rings. The minimum Gasteiger partial charge on any atom is -0.0622 e. The summed E-state index contributed by atoms with van der Waals surface area (Å²) in [5.74, 6) is 0. The summed E-state index contributed by atoms with van der Waals surface area (Å²) < 4.78 is 0. The van der Waals surface area contributed by atoms with Crippen molar-refractivity contribution < 1.29 is 0 Å². The molecule has 2 aromatic rings. The molecule has 21 heavy (non-hydrogen) atoms. The van der Waals surface area contributed by atoms with Crippen LogP contribution in [0.25, 0.3) is 0 Å². The molecule has 0 radical (unpaired) electrons. The van der Waals surface area contributed by atoms with Crippen molar-refractivity contribution in [3.63, 3.8) is 0 Å². The lowest BCUT2D eigenvalue weighted by atomic mass is 9.54. The standard InChI is InChI=1S/C21H26/c1-20(16-10-5-11-17-20)21(2,18-12-6-3-7-13-18)19-14-8-4-9-15-19/h3-4,6-9,12-15H,5,10-11,16-17H2,1-2H3. The second-order valence-corrected chi connectivity index (χ2v) is 6.98. The summed E-state index contributed by atoms with van der Waals surface area (Å²) in [5.41, 5.74) is 3.35. The minimum atomic E-state index is 0.0932. The first-order valence-corrected chi connectivity index (χ1v) is 8.28. The maximum Gasteiger partial charge on any atom is 0.0228 e. The molecule has 0 heteroatoms. The van der Waals surface area contributed by atoms with Gasteiger partial charge in [0.25, 0.3) is 0 Å². The second kappa shape index (κ2) is 5.67. The highest BCUT2D eigenvalue weighted by Gasteiger charge is 2.46. The zero-order valence-electron chi connectivity index (χ0n) is 13.3. The van der Waals surface area contributed by atoms with Gasteiger partial charge in [-0.15, -0.1) is 0 Å². The number of benzene rings is 2. The number of hydrogen-bond acceptors (Lipinski definition) is 0. The van der Waals surface area contributed by atoms with Crippen molar-refractivity contribution in [1.82, 2.24) is 0 Å². The third kappa shape index (κ3) is 2.41. The Morgan fingerprint density at radius 1 is 0.714 bits per heavy atom.